The van der Waals surface area contributed by atoms with Crippen molar-refractivity contribution in [2.24, 2.45) is 5.73 Å². The molecule has 0 fully saturated rings. The fourth-order valence-electron chi connectivity index (χ4n) is 1.90. The molecule has 1 aromatic carbocycles. The SMILES string of the molecule is Cc1cc(CNc2nccc(C(N)=S)n2)cc(C)c1F. The monoisotopic (exact) mass is 290 g/mol. The number of anilines is 1. The molecule has 2 rings (SSSR count). The van der Waals surface area contributed by atoms with Gasteiger partial charge in [-0.25, -0.2) is 14.4 Å². The van der Waals surface area contributed by atoms with Gasteiger partial charge < -0.3 is 11.1 Å². The number of nitrogens with two attached hydrogens (primary N) is 1. The smallest absolute Gasteiger partial charge is 0.223 e. The molecule has 1 heterocycles. The number of benzene rings is 1. The van der Waals surface area contributed by atoms with Crippen LogP contribution in [0.5, 0.6) is 0 Å². The van der Waals surface area contributed by atoms with Crippen LogP contribution in [-0.4, -0.2) is 15.0 Å². The highest BCUT2D eigenvalue weighted by Gasteiger charge is 2.05. The molecule has 0 unspecified atom stereocenters. The van der Waals surface area contributed by atoms with Gasteiger partial charge in [-0.05, 0) is 36.6 Å². The number of hydrogen-bond donors (Lipinski definition) is 2. The third-order valence-corrected chi connectivity index (χ3v) is 3.06. The van der Waals surface area contributed by atoms with Crippen molar-refractivity contribution in [2.45, 2.75) is 20.4 Å². The maximum absolute atomic E-state index is 13.5. The maximum Gasteiger partial charge on any atom is 0.223 e. The van der Waals surface area contributed by atoms with Crippen LogP contribution in [0.15, 0.2) is 24.4 Å². The van der Waals surface area contributed by atoms with E-state index in [4.69, 9.17) is 18.0 Å². The molecule has 0 atom stereocenters. The Bertz CT molecular complexity index is 634. The molecule has 0 saturated carbocycles. The van der Waals surface area contributed by atoms with E-state index in [0.717, 1.165) is 5.56 Å². The average molecular weight is 290 g/mol. The van der Waals surface area contributed by atoms with Gasteiger partial charge in [-0.15, -0.1) is 0 Å². The van der Waals surface area contributed by atoms with Crippen LogP contribution >= 0.6 is 12.2 Å². The lowest BCUT2D eigenvalue weighted by atomic mass is 10.1. The number of aromatic nitrogens is 2. The van der Waals surface area contributed by atoms with Crippen molar-refractivity contribution in [3.63, 3.8) is 0 Å². The van der Waals surface area contributed by atoms with Gasteiger partial charge in [-0.3, -0.25) is 0 Å². The topological polar surface area (TPSA) is 63.8 Å². The van der Waals surface area contributed by atoms with Crippen LogP contribution in [0.25, 0.3) is 0 Å². The molecule has 2 aromatic rings. The first kappa shape index (κ1) is 14.3. The molecule has 104 valence electrons. The highest BCUT2D eigenvalue weighted by Crippen LogP contribution is 2.15. The Kier molecular flexibility index (Phi) is 4.24. The second-order valence-corrected chi connectivity index (χ2v) is 4.97. The largest absolute Gasteiger partial charge is 0.388 e. The summed E-state index contributed by atoms with van der Waals surface area (Å²) in [6.45, 7) is 3.99. The first-order valence-corrected chi connectivity index (χ1v) is 6.50. The molecular formula is C14H15FN4S. The Labute approximate surface area is 122 Å². The van der Waals surface area contributed by atoms with Crippen molar-refractivity contribution < 1.29 is 4.39 Å². The summed E-state index contributed by atoms with van der Waals surface area (Å²) < 4.78 is 13.5. The van der Waals surface area contributed by atoms with Gasteiger partial charge >= 0.3 is 0 Å². The molecular weight excluding hydrogens is 275 g/mol. The molecule has 1 aromatic heterocycles. The van der Waals surface area contributed by atoms with Crippen LogP contribution in [0.1, 0.15) is 22.4 Å². The summed E-state index contributed by atoms with van der Waals surface area (Å²) in [6, 6.07) is 5.25. The lowest BCUT2D eigenvalue weighted by molar-refractivity contribution is 0.608. The molecule has 0 saturated heterocycles. The highest BCUT2D eigenvalue weighted by atomic mass is 32.1. The van der Waals surface area contributed by atoms with Gasteiger partial charge in [0.15, 0.2) is 0 Å². The molecule has 20 heavy (non-hydrogen) atoms. The van der Waals surface area contributed by atoms with Crippen molar-refractivity contribution in [1.82, 2.24) is 9.97 Å². The molecule has 4 nitrogen and oxygen atoms in total. The second-order valence-electron chi connectivity index (χ2n) is 4.53. The standard InChI is InChI=1S/C14H15FN4S/c1-8-5-10(6-9(2)12(8)15)7-18-14-17-4-3-11(19-14)13(16)20/h3-6H,7H2,1-2H3,(H2,16,20)(H,17,18,19). The van der Waals surface area contributed by atoms with Gasteiger partial charge in [0, 0.05) is 12.7 Å². The number of halogens is 1. The van der Waals surface area contributed by atoms with E-state index in [9.17, 15) is 4.39 Å². The van der Waals surface area contributed by atoms with E-state index in [0.29, 0.717) is 29.3 Å². The minimum atomic E-state index is -0.166. The van der Waals surface area contributed by atoms with Crippen LogP contribution in [0.4, 0.5) is 10.3 Å². The molecule has 6 heteroatoms. The Morgan fingerprint density at radius 2 is 2.00 bits per heavy atom. The number of thiocarbonyl (C=S) groups is 1. The molecule has 0 amide bonds. The highest BCUT2D eigenvalue weighted by molar-refractivity contribution is 7.80. The molecule has 0 spiro atoms. The summed E-state index contributed by atoms with van der Waals surface area (Å²) in [4.78, 5) is 8.50. The second kappa shape index (κ2) is 5.92. The zero-order valence-corrected chi connectivity index (χ0v) is 12.1. The van der Waals surface area contributed by atoms with E-state index < -0.39 is 0 Å². The van der Waals surface area contributed by atoms with Crippen molar-refractivity contribution in [2.75, 3.05) is 5.32 Å². The van der Waals surface area contributed by atoms with Gasteiger partial charge in [-0.1, -0.05) is 24.4 Å². The van der Waals surface area contributed by atoms with E-state index in [1.807, 2.05) is 0 Å². The van der Waals surface area contributed by atoms with E-state index in [1.165, 1.54) is 0 Å². The lowest BCUT2D eigenvalue weighted by Crippen LogP contribution is -2.13. The van der Waals surface area contributed by atoms with Crippen LogP contribution in [0, 0.1) is 19.7 Å². The minimum Gasteiger partial charge on any atom is -0.388 e. The molecule has 0 aliphatic heterocycles. The normalized spacial score (nSPS) is 10.3. The first-order chi connectivity index (χ1) is 9.47. The molecule has 0 radical (unpaired) electrons. The average Bonchev–Trinajstić information content (AvgIpc) is 2.42. The van der Waals surface area contributed by atoms with Crippen LogP contribution in [-0.2, 0) is 6.54 Å². The van der Waals surface area contributed by atoms with E-state index in [-0.39, 0.29) is 10.8 Å². The fourth-order valence-corrected chi connectivity index (χ4v) is 2.01. The zero-order chi connectivity index (χ0) is 14.7. The summed E-state index contributed by atoms with van der Waals surface area (Å²) in [6.07, 6.45) is 1.59. The quantitative estimate of drug-likeness (QED) is 0.847. The zero-order valence-electron chi connectivity index (χ0n) is 11.3. The van der Waals surface area contributed by atoms with Crippen molar-refractivity contribution >= 4 is 23.2 Å². The van der Waals surface area contributed by atoms with E-state index in [1.54, 1.807) is 38.2 Å². The fraction of sp³-hybridized carbons (Fsp3) is 0.214. The summed E-state index contributed by atoms with van der Waals surface area (Å²) in [5, 5.41) is 3.07. The number of rotatable bonds is 4. The maximum atomic E-state index is 13.5. The third-order valence-electron chi connectivity index (χ3n) is 2.85. The number of nitrogens with zero attached hydrogens (tertiary/aromatic N) is 2. The van der Waals surface area contributed by atoms with Crippen LogP contribution < -0.4 is 11.1 Å². The lowest BCUT2D eigenvalue weighted by Gasteiger charge is -2.09. The van der Waals surface area contributed by atoms with Crippen LogP contribution in [0.2, 0.25) is 0 Å². The number of nitrogens with one attached hydrogen (secondary N) is 1. The molecule has 0 aliphatic carbocycles. The van der Waals surface area contributed by atoms with E-state index in [2.05, 4.69) is 15.3 Å². The van der Waals surface area contributed by atoms with Gasteiger partial charge in [0.25, 0.3) is 0 Å². The summed E-state index contributed by atoms with van der Waals surface area (Å²) in [7, 11) is 0. The summed E-state index contributed by atoms with van der Waals surface area (Å²) in [5.41, 5.74) is 8.25. The number of aryl methyl sites for hydroxylation is 2. The van der Waals surface area contributed by atoms with Crippen LogP contribution in [0.3, 0.4) is 0 Å². The Balaban J connectivity index is 2.13. The summed E-state index contributed by atoms with van der Waals surface area (Å²) >= 11 is 4.87. The van der Waals surface area contributed by atoms with Gasteiger partial charge in [0.05, 0.1) is 0 Å². The molecule has 0 aliphatic rings. The molecule has 3 N–H and O–H groups in total. The third kappa shape index (κ3) is 3.27. The van der Waals surface area contributed by atoms with Gasteiger partial charge in [0.1, 0.15) is 16.5 Å². The first-order valence-electron chi connectivity index (χ1n) is 6.09. The van der Waals surface area contributed by atoms with Crippen molar-refractivity contribution in [3.05, 3.63) is 52.6 Å². The van der Waals surface area contributed by atoms with Gasteiger partial charge in [0.2, 0.25) is 5.95 Å². The Morgan fingerprint density at radius 1 is 1.35 bits per heavy atom. The van der Waals surface area contributed by atoms with Gasteiger partial charge in [-0.2, -0.15) is 0 Å². The Hall–Kier alpha value is -2.08. The van der Waals surface area contributed by atoms with Crippen molar-refractivity contribution in [3.8, 4) is 0 Å². The Morgan fingerprint density at radius 3 is 2.60 bits per heavy atom. The van der Waals surface area contributed by atoms with Crippen molar-refractivity contribution in [1.29, 1.82) is 0 Å². The minimum absolute atomic E-state index is 0.166. The number of hydrogen-bond acceptors (Lipinski definition) is 4. The molecule has 0 bridgehead atoms. The predicted octanol–water partition coefficient (Wildman–Crippen LogP) is 2.48. The van der Waals surface area contributed by atoms with E-state index >= 15 is 0 Å². The predicted molar refractivity (Wildman–Crippen MR) is 81.1 cm³/mol. The summed E-state index contributed by atoms with van der Waals surface area (Å²) in [5.74, 6) is 0.274.